The summed E-state index contributed by atoms with van der Waals surface area (Å²) in [5.74, 6) is 1.87. The zero-order chi connectivity index (χ0) is 36.4. The molecule has 0 bridgehead atoms. The summed E-state index contributed by atoms with van der Waals surface area (Å²) in [4.78, 5) is 21.8. The molecular weight excluding hydrogens is 809 g/mol. The minimum Gasteiger partial charge on any atom is -0.668 e. The summed E-state index contributed by atoms with van der Waals surface area (Å²) in [6, 6.07) is 19.3. The first kappa shape index (κ1) is 40.0. The average Bonchev–Trinajstić information content (AvgIpc) is 3.53. The molecule has 51 heavy (non-hydrogen) atoms. The molecule has 0 amide bonds. The second-order valence-corrected chi connectivity index (χ2v) is 15.3. The third-order valence-corrected chi connectivity index (χ3v) is 11.4. The van der Waals surface area contributed by atoms with E-state index in [2.05, 4.69) is 129 Å². The van der Waals surface area contributed by atoms with Crippen molar-refractivity contribution in [2.45, 2.75) is 106 Å². The van der Waals surface area contributed by atoms with Gasteiger partial charge in [-0.3, -0.25) is 4.79 Å². The maximum Gasteiger partial charge on any atom is 0.167 e. The van der Waals surface area contributed by atoms with Gasteiger partial charge in [0, 0.05) is 43.4 Å². The number of carbonyl (C=O) groups excluding carboxylic acids is 1. The summed E-state index contributed by atoms with van der Waals surface area (Å²) in [6.07, 6.45) is 8.76. The van der Waals surface area contributed by atoms with Crippen molar-refractivity contribution in [3.63, 3.8) is 0 Å². The van der Waals surface area contributed by atoms with Crippen LogP contribution in [0.2, 0.25) is 0 Å². The molecule has 0 atom stereocenters. The van der Waals surface area contributed by atoms with Crippen molar-refractivity contribution in [1.82, 2.24) is 9.97 Å². The van der Waals surface area contributed by atoms with Crippen LogP contribution >= 0.6 is 0 Å². The Hall–Kier alpha value is -3.73. The Balaban J connectivity index is 0.000000266. The number of carbonyl (C=O) groups is 1. The van der Waals surface area contributed by atoms with E-state index in [-0.39, 0.29) is 42.1 Å². The van der Waals surface area contributed by atoms with E-state index in [0.29, 0.717) is 5.76 Å². The van der Waals surface area contributed by atoms with E-state index < -0.39 is 0 Å². The van der Waals surface area contributed by atoms with E-state index in [9.17, 15) is 4.79 Å². The van der Waals surface area contributed by atoms with Crippen LogP contribution in [0.15, 0.2) is 77.2 Å². The SMILES string of the molecule is [CH2-]O/C(=C\C(=O)C(C)(CC)CC)C(C)(CC)CC.[CH2-]c1c(-c2ncnc3c4c(oc23)CCc2ccccc2-4)cc(C(C)(C)C)c2ccccc12.[Ir]. The minimum absolute atomic E-state index is 0. The van der Waals surface area contributed by atoms with Gasteiger partial charge in [0.25, 0.3) is 0 Å². The minimum atomic E-state index is -0.286. The summed E-state index contributed by atoms with van der Waals surface area (Å²) in [7, 11) is 3.51. The first-order valence-electron chi connectivity index (χ1n) is 18.2. The number of hydrogen-bond acceptors (Lipinski definition) is 5. The molecule has 0 saturated carbocycles. The Morgan fingerprint density at radius 2 is 1.45 bits per heavy atom. The van der Waals surface area contributed by atoms with Gasteiger partial charge in [-0.1, -0.05) is 121 Å². The number of benzene rings is 3. The topological polar surface area (TPSA) is 65.2 Å². The third kappa shape index (κ3) is 7.59. The number of aryl methyl sites for hydroxylation is 2. The molecule has 1 aliphatic rings. The van der Waals surface area contributed by atoms with Gasteiger partial charge in [0.05, 0.1) is 17.0 Å². The number of ether oxygens (including phenoxy) is 1. The maximum absolute atomic E-state index is 12.4. The summed E-state index contributed by atoms with van der Waals surface area (Å²) < 4.78 is 11.7. The molecule has 5 aromatic rings. The molecule has 6 rings (SSSR count). The maximum atomic E-state index is 12.4. The number of furan rings is 1. The summed E-state index contributed by atoms with van der Waals surface area (Å²) >= 11 is 0. The molecule has 0 spiro atoms. The number of nitrogens with zero attached hydrogens (tertiary/aromatic N) is 2. The quantitative estimate of drug-likeness (QED) is 0.0839. The predicted octanol–water partition coefficient (Wildman–Crippen LogP) is 12.2. The number of fused-ring (bicyclic) bond motifs is 6. The normalized spacial score (nSPS) is 13.2. The molecular formula is C45H54IrN2O3-2. The summed E-state index contributed by atoms with van der Waals surface area (Å²) in [6.45, 7) is 23.7. The van der Waals surface area contributed by atoms with E-state index in [1.807, 2.05) is 6.92 Å². The second kappa shape index (κ2) is 15.9. The van der Waals surface area contributed by atoms with Crippen LogP contribution in [-0.4, -0.2) is 15.8 Å². The van der Waals surface area contributed by atoms with Crippen LogP contribution in [0.4, 0.5) is 0 Å². The fourth-order valence-corrected chi connectivity index (χ4v) is 6.98. The van der Waals surface area contributed by atoms with Crippen molar-refractivity contribution in [1.29, 1.82) is 0 Å². The zero-order valence-corrected chi connectivity index (χ0v) is 34.4. The molecule has 0 fully saturated rings. The van der Waals surface area contributed by atoms with Crippen LogP contribution in [0, 0.1) is 24.9 Å². The number of allylic oxidation sites excluding steroid dienone is 2. The molecule has 5 nitrogen and oxygen atoms in total. The summed E-state index contributed by atoms with van der Waals surface area (Å²) in [5, 5.41) is 2.40. The van der Waals surface area contributed by atoms with Gasteiger partial charge in [-0.2, -0.15) is 19.6 Å². The Kier molecular flexibility index (Phi) is 12.5. The predicted molar refractivity (Wildman–Crippen MR) is 208 cm³/mol. The molecule has 0 N–H and O–H groups in total. The molecule has 2 heterocycles. The van der Waals surface area contributed by atoms with Gasteiger partial charge in [0.2, 0.25) is 0 Å². The molecule has 0 unspecified atom stereocenters. The number of hydrogen-bond donors (Lipinski definition) is 0. The van der Waals surface area contributed by atoms with Crippen molar-refractivity contribution in [2.75, 3.05) is 0 Å². The van der Waals surface area contributed by atoms with Crippen LogP contribution in [-0.2, 0) is 47.9 Å². The fraction of sp³-hybridized carbons (Fsp3) is 0.400. The smallest absolute Gasteiger partial charge is 0.167 e. The van der Waals surface area contributed by atoms with E-state index in [1.165, 1.54) is 22.1 Å². The number of aromatic nitrogens is 2. The Morgan fingerprint density at radius 1 is 0.843 bits per heavy atom. The van der Waals surface area contributed by atoms with Crippen molar-refractivity contribution < 1.29 is 34.1 Å². The number of ketones is 1. The van der Waals surface area contributed by atoms with Crippen molar-refractivity contribution >= 4 is 27.7 Å². The van der Waals surface area contributed by atoms with Gasteiger partial charge in [-0.15, -0.1) is 17.5 Å². The van der Waals surface area contributed by atoms with Gasteiger partial charge in [-0.05, 0) is 48.6 Å². The average molecular weight is 863 g/mol. The van der Waals surface area contributed by atoms with E-state index in [4.69, 9.17) is 14.1 Å². The zero-order valence-electron chi connectivity index (χ0n) is 32.0. The molecule has 1 radical (unpaired) electrons. The first-order valence-corrected chi connectivity index (χ1v) is 18.2. The van der Waals surface area contributed by atoms with Gasteiger partial charge in [-0.25, -0.2) is 9.97 Å². The second-order valence-electron chi connectivity index (χ2n) is 15.3. The van der Waals surface area contributed by atoms with Gasteiger partial charge < -0.3 is 9.15 Å². The van der Waals surface area contributed by atoms with Crippen molar-refractivity contribution in [3.8, 4) is 22.4 Å². The molecule has 3 aromatic carbocycles. The molecule has 2 aromatic heterocycles. The van der Waals surface area contributed by atoms with E-state index in [0.717, 1.165) is 83.2 Å². The molecule has 0 aliphatic heterocycles. The Bertz CT molecular complexity index is 2040. The molecule has 273 valence electrons. The van der Waals surface area contributed by atoms with Crippen LogP contribution in [0.1, 0.15) is 110 Å². The fourth-order valence-electron chi connectivity index (χ4n) is 6.98. The van der Waals surface area contributed by atoms with E-state index in [1.54, 1.807) is 12.4 Å². The van der Waals surface area contributed by atoms with Crippen LogP contribution in [0.5, 0.6) is 0 Å². The van der Waals surface area contributed by atoms with Crippen molar-refractivity contribution in [3.05, 3.63) is 109 Å². The van der Waals surface area contributed by atoms with E-state index >= 15 is 0 Å². The third-order valence-electron chi connectivity index (χ3n) is 11.4. The number of rotatable bonds is 9. The Labute approximate surface area is 319 Å². The molecule has 1 aliphatic carbocycles. The van der Waals surface area contributed by atoms with Crippen LogP contribution in [0.25, 0.3) is 44.3 Å². The molecule has 0 saturated heterocycles. The largest absolute Gasteiger partial charge is 0.668 e. The summed E-state index contributed by atoms with van der Waals surface area (Å²) in [5.41, 5.74) is 9.03. The van der Waals surface area contributed by atoms with Crippen LogP contribution in [0.3, 0.4) is 0 Å². The Morgan fingerprint density at radius 3 is 2.06 bits per heavy atom. The van der Waals surface area contributed by atoms with Gasteiger partial charge in [0.15, 0.2) is 11.4 Å². The standard InChI is InChI=1S/C29H25N2O.C16H29O2.Ir/c1-17-19-10-7-8-12-21(19)23(29(2,3)4)15-22(17)26-28-27(31-16-30-26)25-20-11-6-5-9-18(20)13-14-24(25)32-28;1-8-15(5,9-2)13(17)12-14(18-7)16(6,10-3)11-4;/h5-12,15-16H,1,13-14H2,2-4H3;12H,7-11H2,1-6H3;/q2*-1;/b;14-12-;. The van der Waals surface area contributed by atoms with Crippen molar-refractivity contribution in [2.24, 2.45) is 10.8 Å². The molecule has 6 heteroatoms. The van der Waals surface area contributed by atoms with Crippen LogP contribution < -0.4 is 0 Å². The first-order chi connectivity index (χ1) is 23.8. The monoisotopic (exact) mass is 863 g/mol. The van der Waals surface area contributed by atoms with Gasteiger partial charge >= 0.3 is 0 Å². The van der Waals surface area contributed by atoms with Gasteiger partial charge in [0.1, 0.15) is 17.6 Å².